The van der Waals surface area contributed by atoms with E-state index in [4.69, 9.17) is 9.72 Å². The Morgan fingerprint density at radius 1 is 1.11 bits per heavy atom. The smallest absolute Gasteiger partial charge is 0.255 e. The first-order chi connectivity index (χ1) is 17.1. The number of methoxy groups -OCH3 is 1. The summed E-state index contributed by atoms with van der Waals surface area (Å²) in [6.45, 7) is 1.34. The lowest BCUT2D eigenvalue weighted by Crippen LogP contribution is -2.39. The zero-order chi connectivity index (χ0) is 24.2. The van der Waals surface area contributed by atoms with Crippen molar-refractivity contribution in [3.8, 4) is 17.3 Å². The number of benzene rings is 1. The van der Waals surface area contributed by atoms with Crippen LogP contribution in [0.15, 0.2) is 67.4 Å². The van der Waals surface area contributed by atoms with E-state index >= 15 is 0 Å². The van der Waals surface area contributed by atoms with Crippen LogP contribution >= 0.6 is 0 Å². The molecule has 4 heterocycles. The molecule has 0 aliphatic carbocycles. The van der Waals surface area contributed by atoms with Crippen molar-refractivity contribution in [2.75, 3.05) is 20.2 Å². The summed E-state index contributed by atoms with van der Waals surface area (Å²) in [5, 5.41) is 0. The van der Waals surface area contributed by atoms with E-state index in [9.17, 15) is 4.79 Å². The van der Waals surface area contributed by atoms with E-state index < -0.39 is 0 Å². The molecule has 1 fully saturated rings. The number of aryl methyl sites for hydroxylation is 1. The lowest BCUT2D eigenvalue weighted by Gasteiger charge is -2.32. The van der Waals surface area contributed by atoms with Crippen LogP contribution in [0.25, 0.3) is 11.5 Å². The molecule has 1 aromatic carbocycles. The number of rotatable bonds is 6. The highest BCUT2D eigenvalue weighted by Crippen LogP contribution is 2.28. The minimum atomic E-state index is -0.000688. The van der Waals surface area contributed by atoms with Gasteiger partial charge in [-0.25, -0.2) is 9.97 Å². The third-order valence-electron chi connectivity index (χ3n) is 6.47. The number of carbonyl (C=O) groups is 1. The van der Waals surface area contributed by atoms with E-state index in [-0.39, 0.29) is 11.8 Å². The molecule has 0 radical (unpaired) electrons. The first-order valence-electron chi connectivity index (χ1n) is 11.8. The van der Waals surface area contributed by atoms with Crippen LogP contribution in [0, 0.1) is 0 Å². The molecule has 1 saturated heterocycles. The van der Waals surface area contributed by atoms with Crippen molar-refractivity contribution >= 4 is 5.91 Å². The predicted octanol–water partition coefficient (Wildman–Crippen LogP) is 3.89. The molecule has 8 nitrogen and oxygen atoms in total. The van der Waals surface area contributed by atoms with Crippen molar-refractivity contribution in [1.29, 1.82) is 0 Å². The summed E-state index contributed by atoms with van der Waals surface area (Å²) in [6.07, 6.45) is 11.4. The number of aromatic nitrogens is 5. The Morgan fingerprint density at radius 3 is 2.77 bits per heavy atom. The molecule has 0 spiro atoms. The molecule has 1 atom stereocenters. The number of amides is 1. The molecule has 1 unspecified atom stereocenters. The van der Waals surface area contributed by atoms with Crippen LogP contribution in [0.1, 0.15) is 46.1 Å². The number of hydrogen-bond donors (Lipinski definition) is 0. The van der Waals surface area contributed by atoms with Crippen molar-refractivity contribution < 1.29 is 9.53 Å². The standard InChI is InChI=1S/C27H28N6O2/c1-32-13-11-29-26(32)24-17-28-16-23(31-24)21-7-5-12-33(18-21)27(34)20-9-10-22(30-15-20)14-19-6-3-4-8-25(19)35-2/h3-4,6,8-11,13,15-17,21H,5,7,12,14,18H2,1-2H3. The lowest BCUT2D eigenvalue weighted by molar-refractivity contribution is 0.0705. The number of nitrogens with zero attached hydrogens (tertiary/aromatic N) is 6. The van der Waals surface area contributed by atoms with Gasteiger partial charge in [0.25, 0.3) is 5.91 Å². The Hall–Kier alpha value is -4.07. The van der Waals surface area contributed by atoms with Gasteiger partial charge in [-0.15, -0.1) is 0 Å². The second-order valence-electron chi connectivity index (χ2n) is 8.81. The summed E-state index contributed by atoms with van der Waals surface area (Å²) in [4.78, 5) is 33.3. The van der Waals surface area contributed by atoms with Crippen LogP contribution in [-0.4, -0.2) is 55.5 Å². The first-order valence-corrected chi connectivity index (χ1v) is 11.8. The number of piperidine rings is 1. The van der Waals surface area contributed by atoms with Crippen LogP contribution < -0.4 is 4.74 Å². The van der Waals surface area contributed by atoms with Gasteiger partial charge in [-0.1, -0.05) is 18.2 Å². The highest BCUT2D eigenvalue weighted by atomic mass is 16.5. The quantitative estimate of drug-likeness (QED) is 0.427. The van der Waals surface area contributed by atoms with Crippen molar-refractivity contribution in [2.24, 2.45) is 7.05 Å². The van der Waals surface area contributed by atoms with Crippen LogP contribution in [-0.2, 0) is 13.5 Å². The SMILES string of the molecule is COc1ccccc1Cc1ccc(C(=O)N2CCCC(c3cncc(-c4nccn4C)n3)C2)cn1. The van der Waals surface area contributed by atoms with E-state index in [0.717, 1.165) is 53.6 Å². The number of likely N-dealkylation sites (tertiary alicyclic amines) is 1. The van der Waals surface area contributed by atoms with E-state index in [1.165, 1.54) is 0 Å². The Morgan fingerprint density at radius 2 is 2.00 bits per heavy atom. The Bertz CT molecular complexity index is 1320. The summed E-state index contributed by atoms with van der Waals surface area (Å²) >= 11 is 0. The van der Waals surface area contributed by atoms with Crippen LogP contribution in [0.4, 0.5) is 0 Å². The highest BCUT2D eigenvalue weighted by Gasteiger charge is 2.27. The predicted molar refractivity (Wildman–Crippen MR) is 132 cm³/mol. The van der Waals surface area contributed by atoms with Gasteiger partial charge >= 0.3 is 0 Å². The van der Waals surface area contributed by atoms with Gasteiger partial charge in [0.15, 0.2) is 5.82 Å². The number of pyridine rings is 1. The monoisotopic (exact) mass is 468 g/mol. The topological polar surface area (TPSA) is 86.0 Å². The minimum Gasteiger partial charge on any atom is -0.496 e. The molecule has 35 heavy (non-hydrogen) atoms. The van der Waals surface area contributed by atoms with Gasteiger partial charge in [-0.3, -0.25) is 14.8 Å². The number of para-hydroxylation sites is 1. The zero-order valence-electron chi connectivity index (χ0n) is 20.0. The van der Waals surface area contributed by atoms with Crippen molar-refractivity contribution in [3.63, 3.8) is 0 Å². The molecular formula is C27H28N6O2. The van der Waals surface area contributed by atoms with Crippen molar-refractivity contribution in [2.45, 2.75) is 25.2 Å². The fraction of sp³-hybridized carbons (Fsp3) is 0.296. The fourth-order valence-electron chi connectivity index (χ4n) is 4.58. The molecular weight excluding hydrogens is 440 g/mol. The van der Waals surface area contributed by atoms with Crippen molar-refractivity contribution in [1.82, 2.24) is 29.4 Å². The summed E-state index contributed by atoms with van der Waals surface area (Å²) in [5.41, 5.74) is 4.20. The number of ether oxygens (including phenoxy) is 1. The molecule has 178 valence electrons. The second-order valence-corrected chi connectivity index (χ2v) is 8.81. The van der Waals surface area contributed by atoms with Crippen LogP contribution in [0.2, 0.25) is 0 Å². The third-order valence-corrected chi connectivity index (χ3v) is 6.47. The van der Waals surface area contributed by atoms with E-state index in [1.54, 1.807) is 31.9 Å². The molecule has 1 amide bonds. The number of imidazole rings is 1. The molecule has 8 heteroatoms. The molecule has 1 aliphatic heterocycles. The Labute approximate surface area is 204 Å². The number of carbonyl (C=O) groups excluding carboxylic acids is 1. The van der Waals surface area contributed by atoms with Gasteiger partial charge in [0, 0.05) is 68.5 Å². The maximum atomic E-state index is 13.3. The summed E-state index contributed by atoms with van der Waals surface area (Å²) in [5.74, 6) is 1.75. The Kier molecular flexibility index (Phi) is 6.52. The van der Waals surface area contributed by atoms with Gasteiger partial charge in [-0.2, -0.15) is 0 Å². The molecule has 1 aliphatic rings. The maximum Gasteiger partial charge on any atom is 0.255 e. The van der Waals surface area contributed by atoms with Gasteiger partial charge < -0.3 is 14.2 Å². The van der Waals surface area contributed by atoms with Gasteiger partial charge in [0.05, 0.1) is 24.6 Å². The summed E-state index contributed by atoms with van der Waals surface area (Å²) < 4.78 is 7.36. The molecule has 5 rings (SSSR count). The zero-order valence-corrected chi connectivity index (χ0v) is 20.0. The van der Waals surface area contributed by atoms with E-state index in [1.807, 2.05) is 59.1 Å². The van der Waals surface area contributed by atoms with Gasteiger partial charge in [0.1, 0.15) is 11.4 Å². The summed E-state index contributed by atoms with van der Waals surface area (Å²) in [7, 11) is 3.60. The largest absolute Gasteiger partial charge is 0.496 e. The fourth-order valence-corrected chi connectivity index (χ4v) is 4.58. The lowest BCUT2D eigenvalue weighted by atomic mass is 9.94. The van der Waals surface area contributed by atoms with Gasteiger partial charge in [0.2, 0.25) is 0 Å². The average molecular weight is 469 g/mol. The number of hydrogen-bond acceptors (Lipinski definition) is 6. The van der Waals surface area contributed by atoms with Crippen LogP contribution in [0.5, 0.6) is 5.75 Å². The normalized spacial score (nSPS) is 15.7. The van der Waals surface area contributed by atoms with Crippen LogP contribution in [0.3, 0.4) is 0 Å². The minimum absolute atomic E-state index is 0.000688. The molecule has 0 bridgehead atoms. The first kappa shape index (κ1) is 22.7. The maximum absolute atomic E-state index is 13.3. The average Bonchev–Trinajstić information content (AvgIpc) is 3.35. The van der Waals surface area contributed by atoms with Gasteiger partial charge in [-0.05, 0) is 31.0 Å². The van der Waals surface area contributed by atoms with E-state index in [2.05, 4.69) is 15.0 Å². The molecule has 0 N–H and O–H groups in total. The molecule has 4 aromatic rings. The molecule has 0 saturated carbocycles. The second kappa shape index (κ2) is 10.0. The van der Waals surface area contributed by atoms with E-state index in [0.29, 0.717) is 18.5 Å². The summed E-state index contributed by atoms with van der Waals surface area (Å²) in [6, 6.07) is 11.7. The van der Waals surface area contributed by atoms with Crippen molar-refractivity contribution in [3.05, 3.63) is 89.9 Å². The highest BCUT2D eigenvalue weighted by molar-refractivity contribution is 5.94. The third kappa shape index (κ3) is 4.91. The Balaban J connectivity index is 1.28. The molecule has 3 aromatic heterocycles.